The SMILES string of the molecule is CC(O)/C=C/c1cccc(C2CC2)c1. The van der Waals surface area contributed by atoms with Crippen molar-refractivity contribution in [2.45, 2.75) is 31.8 Å². The summed E-state index contributed by atoms with van der Waals surface area (Å²) in [6, 6.07) is 8.58. The summed E-state index contributed by atoms with van der Waals surface area (Å²) in [6.07, 6.45) is 6.11. The first-order valence-corrected chi connectivity index (χ1v) is 5.22. The highest BCUT2D eigenvalue weighted by Gasteiger charge is 2.22. The molecule has 0 spiro atoms. The van der Waals surface area contributed by atoms with Gasteiger partial charge in [-0.25, -0.2) is 0 Å². The standard InChI is InChI=1S/C13H16O/c1-10(14)5-6-11-3-2-4-13(9-11)12-7-8-12/h2-6,9-10,12,14H,7-8H2,1H3/b6-5+. The number of aliphatic hydroxyl groups is 1. The lowest BCUT2D eigenvalue weighted by molar-refractivity contribution is 0.245. The van der Waals surface area contributed by atoms with E-state index in [4.69, 9.17) is 5.11 Å². The smallest absolute Gasteiger partial charge is 0.0696 e. The largest absolute Gasteiger partial charge is 0.389 e. The predicted octanol–water partition coefficient (Wildman–Crippen LogP) is 2.96. The normalized spacial score (nSPS) is 18.7. The van der Waals surface area contributed by atoms with Gasteiger partial charge in [-0.15, -0.1) is 0 Å². The second-order valence-corrected chi connectivity index (χ2v) is 4.04. The maximum Gasteiger partial charge on any atom is 0.0696 e. The Balaban J connectivity index is 2.13. The fraction of sp³-hybridized carbons (Fsp3) is 0.385. The fourth-order valence-electron chi connectivity index (χ4n) is 1.58. The van der Waals surface area contributed by atoms with Crippen molar-refractivity contribution in [3.05, 3.63) is 41.5 Å². The summed E-state index contributed by atoms with van der Waals surface area (Å²) in [7, 11) is 0. The monoisotopic (exact) mass is 188 g/mol. The van der Waals surface area contributed by atoms with Crippen LogP contribution in [0.4, 0.5) is 0 Å². The van der Waals surface area contributed by atoms with Crippen LogP contribution in [0.15, 0.2) is 30.3 Å². The zero-order valence-electron chi connectivity index (χ0n) is 8.48. The summed E-state index contributed by atoms with van der Waals surface area (Å²) in [6.45, 7) is 1.77. The van der Waals surface area contributed by atoms with Crippen molar-refractivity contribution in [3.63, 3.8) is 0 Å². The summed E-state index contributed by atoms with van der Waals surface area (Å²) in [5.41, 5.74) is 2.63. The van der Waals surface area contributed by atoms with Gasteiger partial charge in [-0.05, 0) is 36.8 Å². The molecule has 0 heterocycles. The van der Waals surface area contributed by atoms with Crippen molar-refractivity contribution in [2.75, 3.05) is 0 Å². The molecule has 1 aromatic rings. The van der Waals surface area contributed by atoms with Crippen molar-refractivity contribution >= 4 is 6.08 Å². The Morgan fingerprint density at radius 1 is 1.43 bits per heavy atom. The van der Waals surface area contributed by atoms with E-state index in [9.17, 15) is 0 Å². The van der Waals surface area contributed by atoms with Crippen LogP contribution < -0.4 is 0 Å². The summed E-state index contributed by atoms with van der Waals surface area (Å²) in [5, 5.41) is 9.12. The molecule has 74 valence electrons. The number of benzene rings is 1. The minimum absolute atomic E-state index is 0.361. The molecule has 1 fully saturated rings. The van der Waals surface area contributed by atoms with Gasteiger partial charge in [0.1, 0.15) is 0 Å². The maximum absolute atomic E-state index is 9.12. The van der Waals surface area contributed by atoms with E-state index in [0.717, 1.165) is 5.92 Å². The third-order valence-electron chi connectivity index (χ3n) is 2.53. The van der Waals surface area contributed by atoms with Crippen LogP contribution >= 0.6 is 0 Å². The first-order valence-electron chi connectivity index (χ1n) is 5.22. The summed E-state index contributed by atoms with van der Waals surface area (Å²) < 4.78 is 0. The predicted molar refractivity (Wildman–Crippen MR) is 59.1 cm³/mol. The lowest BCUT2D eigenvalue weighted by Crippen LogP contribution is -1.91. The maximum atomic E-state index is 9.12. The van der Waals surface area contributed by atoms with Gasteiger partial charge in [0, 0.05) is 0 Å². The van der Waals surface area contributed by atoms with E-state index in [2.05, 4.69) is 24.3 Å². The molecule has 1 aliphatic carbocycles. The zero-order chi connectivity index (χ0) is 9.97. The average Bonchev–Trinajstić information content (AvgIpc) is 2.98. The first-order chi connectivity index (χ1) is 6.75. The van der Waals surface area contributed by atoms with Gasteiger partial charge in [0.15, 0.2) is 0 Å². The van der Waals surface area contributed by atoms with Crippen molar-refractivity contribution < 1.29 is 5.11 Å². The van der Waals surface area contributed by atoms with Gasteiger partial charge in [-0.1, -0.05) is 36.4 Å². The molecular formula is C13H16O. The van der Waals surface area contributed by atoms with Gasteiger partial charge < -0.3 is 5.11 Å². The molecule has 1 nitrogen and oxygen atoms in total. The number of hydrogen-bond acceptors (Lipinski definition) is 1. The van der Waals surface area contributed by atoms with Gasteiger partial charge >= 0.3 is 0 Å². The van der Waals surface area contributed by atoms with Crippen LogP contribution in [0.1, 0.15) is 36.8 Å². The molecule has 2 rings (SSSR count). The van der Waals surface area contributed by atoms with E-state index >= 15 is 0 Å². The quantitative estimate of drug-likeness (QED) is 0.773. The molecule has 0 saturated heterocycles. The van der Waals surface area contributed by atoms with Gasteiger partial charge in [-0.2, -0.15) is 0 Å². The van der Waals surface area contributed by atoms with Crippen LogP contribution in [0.3, 0.4) is 0 Å². The Bertz CT molecular complexity index is 335. The van der Waals surface area contributed by atoms with E-state index in [0.29, 0.717) is 0 Å². The van der Waals surface area contributed by atoms with Crippen molar-refractivity contribution in [1.82, 2.24) is 0 Å². The summed E-state index contributed by atoms with van der Waals surface area (Å²) in [4.78, 5) is 0. The van der Waals surface area contributed by atoms with Crippen LogP contribution in [-0.2, 0) is 0 Å². The number of rotatable bonds is 3. The zero-order valence-corrected chi connectivity index (χ0v) is 8.48. The van der Waals surface area contributed by atoms with Crippen molar-refractivity contribution in [2.24, 2.45) is 0 Å². The lowest BCUT2D eigenvalue weighted by Gasteiger charge is -2.00. The Morgan fingerprint density at radius 3 is 2.86 bits per heavy atom. The van der Waals surface area contributed by atoms with E-state index in [-0.39, 0.29) is 6.10 Å². The Labute approximate surface area is 85.1 Å². The second-order valence-electron chi connectivity index (χ2n) is 4.04. The third-order valence-corrected chi connectivity index (χ3v) is 2.53. The Kier molecular flexibility index (Phi) is 2.69. The molecule has 0 aromatic heterocycles. The van der Waals surface area contributed by atoms with E-state index < -0.39 is 0 Å². The van der Waals surface area contributed by atoms with Crippen LogP contribution in [0.25, 0.3) is 6.08 Å². The Hall–Kier alpha value is -1.08. The first kappa shape index (κ1) is 9.47. The highest BCUT2D eigenvalue weighted by atomic mass is 16.3. The van der Waals surface area contributed by atoms with E-state index in [1.807, 2.05) is 12.2 Å². The van der Waals surface area contributed by atoms with Crippen LogP contribution in [0.5, 0.6) is 0 Å². The lowest BCUT2D eigenvalue weighted by atomic mass is 10.1. The molecular weight excluding hydrogens is 172 g/mol. The average molecular weight is 188 g/mol. The highest BCUT2D eigenvalue weighted by Crippen LogP contribution is 2.40. The topological polar surface area (TPSA) is 20.2 Å². The fourth-order valence-corrected chi connectivity index (χ4v) is 1.58. The molecule has 1 atom stereocenters. The van der Waals surface area contributed by atoms with Gasteiger partial charge in [0.05, 0.1) is 6.10 Å². The van der Waals surface area contributed by atoms with Crippen LogP contribution in [0, 0.1) is 0 Å². The van der Waals surface area contributed by atoms with Crippen LogP contribution in [0.2, 0.25) is 0 Å². The van der Waals surface area contributed by atoms with E-state index in [1.165, 1.54) is 24.0 Å². The molecule has 1 aromatic carbocycles. The summed E-state index contributed by atoms with van der Waals surface area (Å²) in [5.74, 6) is 0.801. The molecule has 1 saturated carbocycles. The molecule has 1 N–H and O–H groups in total. The molecule has 0 aliphatic heterocycles. The molecule has 1 aliphatic rings. The molecule has 0 amide bonds. The van der Waals surface area contributed by atoms with E-state index in [1.54, 1.807) is 6.92 Å². The molecule has 0 bridgehead atoms. The van der Waals surface area contributed by atoms with Crippen molar-refractivity contribution in [1.29, 1.82) is 0 Å². The molecule has 1 heteroatoms. The van der Waals surface area contributed by atoms with Gasteiger partial charge in [0.2, 0.25) is 0 Å². The van der Waals surface area contributed by atoms with Gasteiger partial charge in [0.25, 0.3) is 0 Å². The Morgan fingerprint density at radius 2 is 2.21 bits per heavy atom. The summed E-state index contributed by atoms with van der Waals surface area (Å²) >= 11 is 0. The third kappa shape index (κ3) is 2.46. The highest BCUT2D eigenvalue weighted by molar-refractivity contribution is 5.51. The molecule has 14 heavy (non-hydrogen) atoms. The number of hydrogen-bond donors (Lipinski definition) is 1. The molecule has 0 radical (unpaired) electrons. The van der Waals surface area contributed by atoms with Gasteiger partial charge in [-0.3, -0.25) is 0 Å². The second kappa shape index (κ2) is 3.97. The van der Waals surface area contributed by atoms with Crippen molar-refractivity contribution in [3.8, 4) is 0 Å². The minimum atomic E-state index is -0.361. The molecule has 1 unspecified atom stereocenters. The van der Waals surface area contributed by atoms with Crippen LogP contribution in [-0.4, -0.2) is 11.2 Å². The minimum Gasteiger partial charge on any atom is -0.389 e. The number of aliphatic hydroxyl groups excluding tert-OH is 1.